The summed E-state index contributed by atoms with van der Waals surface area (Å²) in [6, 6.07) is 6.00. The molecule has 0 atom stereocenters. The number of hydrogen-bond acceptors (Lipinski definition) is 6. The van der Waals surface area contributed by atoms with Gasteiger partial charge in [0.15, 0.2) is 0 Å². The second kappa shape index (κ2) is 7.63. The molecule has 0 saturated carbocycles. The minimum absolute atomic E-state index is 0.875. The summed E-state index contributed by atoms with van der Waals surface area (Å²) in [6.45, 7) is 7.05. The summed E-state index contributed by atoms with van der Waals surface area (Å²) >= 11 is 0. The normalized spacial score (nSPS) is 18.1. The lowest BCUT2D eigenvalue weighted by Crippen LogP contribution is -2.45. The lowest BCUT2D eigenvalue weighted by Gasteiger charge is -2.34. The Labute approximate surface area is 154 Å². The zero-order valence-corrected chi connectivity index (χ0v) is 15.6. The number of piperazine rings is 1. The quantitative estimate of drug-likeness (QED) is 0.782. The molecule has 3 heterocycles. The van der Waals surface area contributed by atoms with Gasteiger partial charge in [0.2, 0.25) is 0 Å². The summed E-state index contributed by atoms with van der Waals surface area (Å²) in [4.78, 5) is 4.96. The third-order valence-corrected chi connectivity index (χ3v) is 5.40. The summed E-state index contributed by atoms with van der Waals surface area (Å²) in [7, 11) is 3.42. The standard InChI is InChI=1S/C19H27N5O2/c1-25-16-5-6-17(26-2)15(12-16)13-22-8-10-23(11-9-22)14-19-21-20-18-4-3-7-24(18)19/h5-6,12H,3-4,7-11,13-14H2,1-2H3. The van der Waals surface area contributed by atoms with Gasteiger partial charge < -0.3 is 14.0 Å². The van der Waals surface area contributed by atoms with Crippen LogP contribution in [0.2, 0.25) is 0 Å². The van der Waals surface area contributed by atoms with E-state index in [-0.39, 0.29) is 0 Å². The van der Waals surface area contributed by atoms with Crippen LogP contribution in [-0.4, -0.2) is 65.0 Å². The molecule has 1 saturated heterocycles. The Balaban J connectivity index is 1.34. The first-order chi connectivity index (χ1) is 12.8. The molecule has 2 aromatic rings. The van der Waals surface area contributed by atoms with Gasteiger partial charge in [-0.1, -0.05) is 0 Å². The molecule has 0 bridgehead atoms. The van der Waals surface area contributed by atoms with Crippen molar-refractivity contribution in [3.8, 4) is 11.5 Å². The van der Waals surface area contributed by atoms with Crippen LogP contribution < -0.4 is 9.47 Å². The van der Waals surface area contributed by atoms with Crippen LogP contribution in [0.15, 0.2) is 18.2 Å². The zero-order valence-electron chi connectivity index (χ0n) is 15.6. The van der Waals surface area contributed by atoms with Crippen molar-refractivity contribution in [3.63, 3.8) is 0 Å². The third-order valence-electron chi connectivity index (χ3n) is 5.40. The molecule has 4 rings (SSSR count). The van der Waals surface area contributed by atoms with Gasteiger partial charge in [0, 0.05) is 51.3 Å². The highest BCUT2D eigenvalue weighted by Crippen LogP contribution is 2.26. The van der Waals surface area contributed by atoms with Crippen LogP contribution >= 0.6 is 0 Å². The number of fused-ring (bicyclic) bond motifs is 1. The van der Waals surface area contributed by atoms with Gasteiger partial charge in [0.1, 0.15) is 23.1 Å². The van der Waals surface area contributed by atoms with Crippen LogP contribution in [0.4, 0.5) is 0 Å². The van der Waals surface area contributed by atoms with Gasteiger partial charge >= 0.3 is 0 Å². The molecule has 7 nitrogen and oxygen atoms in total. The first-order valence-electron chi connectivity index (χ1n) is 9.33. The lowest BCUT2D eigenvalue weighted by molar-refractivity contribution is 0.118. The maximum absolute atomic E-state index is 5.51. The minimum Gasteiger partial charge on any atom is -0.497 e. The Morgan fingerprint density at radius 2 is 1.69 bits per heavy atom. The minimum atomic E-state index is 0.875. The van der Waals surface area contributed by atoms with Gasteiger partial charge in [-0.25, -0.2) is 0 Å². The highest BCUT2D eigenvalue weighted by molar-refractivity contribution is 5.40. The van der Waals surface area contributed by atoms with Gasteiger partial charge in [-0.15, -0.1) is 10.2 Å². The first-order valence-corrected chi connectivity index (χ1v) is 9.33. The highest BCUT2D eigenvalue weighted by atomic mass is 16.5. The van der Waals surface area contributed by atoms with E-state index in [2.05, 4.69) is 30.6 Å². The summed E-state index contributed by atoms with van der Waals surface area (Å²) in [6.07, 6.45) is 2.27. The van der Waals surface area contributed by atoms with Crippen molar-refractivity contribution in [2.75, 3.05) is 40.4 Å². The van der Waals surface area contributed by atoms with Crippen LogP contribution in [0.25, 0.3) is 0 Å². The number of rotatable bonds is 6. The van der Waals surface area contributed by atoms with Crippen LogP contribution in [0, 0.1) is 0 Å². The van der Waals surface area contributed by atoms with E-state index in [0.717, 1.165) is 75.4 Å². The SMILES string of the molecule is COc1ccc(OC)c(CN2CCN(Cc3nnc4n3CCC4)CC2)c1. The van der Waals surface area contributed by atoms with Gasteiger partial charge in [-0.05, 0) is 24.6 Å². The van der Waals surface area contributed by atoms with Gasteiger partial charge in [-0.2, -0.15) is 0 Å². The number of aryl methyl sites for hydroxylation is 1. The van der Waals surface area contributed by atoms with Crippen molar-refractivity contribution < 1.29 is 9.47 Å². The van der Waals surface area contributed by atoms with Gasteiger partial charge in [0.25, 0.3) is 0 Å². The average Bonchev–Trinajstić information content (AvgIpc) is 3.28. The molecule has 0 spiro atoms. The molecule has 1 fully saturated rings. The molecule has 0 unspecified atom stereocenters. The van der Waals surface area contributed by atoms with E-state index in [1.807, 2.05) is 12.1 Å². The molecule has 140 valence electrons. The zero-order chi connectivity index (χ0) is 17.9. The highest BCUT2D eigenvalue weighted by Gasteiger charge is 2.22. The Kier molecular flexibility index (Phi) is 5.08. The molecule has 26 heavy (non-hydrogen) atoms. The molecule has 1 aromatic heterocycles. The Morgan fingerprint density at radius 3 is 2.42 bits per heavy atom. The van der Waals surface area contributed by atoms with Crippen molar-refractivity contribution in [2.24, 2.45) is 0 Å². The summed E-state index contributed by atoms with van der Waals surface area (Å²) in [5.74, 6) is 4.08. The smallest absolute Gasteiger partial charge is 0.147 e. The molecule has 7 heteroatoms. The summed E-state index contributed by atoms with van der Waals surface area (Å²) in [5, 5.41) is 8.71. The van der Waals surface area contributed by atoms with Gasteiger partial charge in [0.05, 0.1) is 20.8 Å². The van der Waals surface area contributed by atoms with E-state index in [4.69, 9.17) is 9.47 Å². The molecule has 1 aromatic carbocycles. The van der Waals surface area contributed by atoms with E-state index in [0.29, 0.717) is 0 Å². The predicted octanol–water partition coefficient (Wildman–Crippen LogP) is 1.56. The molecule has 0 N–H and O–H groups in total. The average molecular weight is 357 g/mol. The fraction of sp³-hybridized carbons (Fsp3) is 0.579. The van der Waals surface area contributed by atoms with Crippen LogP contribution in [0.3, 0.4) is 0 Å². The van der Waals surface area contributed by atoms with E-state index in [1.54, 1.807) is 14.2 Å². The van der Waals surface area contributed by atoms with E-state index in [9.17, 15) is 0 Å². The Morgan fingerprint density at radius 1 is 0.923 bits per heavy atom. The van der Waals surface area contributed by atoms with Crippen molar-refractivity contribution in [1.82, 2.24) is 24.6 Å². The van der Waals surface area contributed by atoms with E-state index >= 15 is 0 Å². The topological polar surface area (TPSA) is 55.7 Å². The molecule has 2 aliphatic heterocycles. The van der Waals surface area contributed by atoms with Crippen molar-refractivity contribution in [3.05, 3.63) is 35.4 Å². The monoisotopic (exact) mass is 357 g/mol. The van der Waals surface area contributed by atoms with Gasteiger partial charge in [-0.3, -0.25) is 9.80 Å². The van der Waals surface area contributed by atoms with E-state index in [1.165, 1.54) is 12.0 Å². The van der Waals surface area contributed by atoms with E-state index < -0.39 is 0 Å². The largest absolute Gasteiger partial charge is 0.497 e. The third kappa shape index (κ3) is 3.54. The maximum atomic E-state index is 5.51. The second-order valence-electron chi connectivity index (χ2n) is 7.02. The predicted molar refractivity (Wildman–Crippen MR) is 98.4 cm³/mol. The molecule has 0 aliphatic carbocycles. The fourth-order valence-electron chi connectivity index (χ4n) is 3.88. The Hall–Kier alpha value is -2.12. The maximum Gasteiger partial charge on any atom is 0.147 e. The van der Waals surface area contributed by atoms with Crippen molar-refractivity contribution >= 4 is 0 Å². The molecule has 0 radical (unpaired) electrons. The number of aromatic nitrogens is 3. The van der Waals surface area contributed by atoms with Crippen LogP contribution in [-0.2, 0) is 26.1 Å². The summed E-state index contributed by atoms with van der Waals surface area (Å²) in [5.41, 5.74) is 1.18. The van der Waals surface area contributed by atoms with Crippen LogP contribution in [0.5, 0.6) is 11.5 Å². The van der Waals surface area contributed by atoms with Crippen LogP contribution in [0.1, 0.15) is 23.6 Å². The number of methoxy groups -OCH3 is 2. The number of nitrogens with zero attached hydrogens (tertiary/aromatic N) is 5. The summed E-state index contributed by atoms with van der Waals surface area (Å²) < 4.78 is 13.2. The van der Waals surface area contributed by atoms with Crippen molar-refractivity contribution in [2.45, 2.75) is 32.5 Å². The number of hydrogen-bond donors (Lipinski definition) is 0. The fourth-order valence-corrected chi connectivity index (χ4v) is 3.88. The lowest BCUT2D eigenvalue weighted by atomic mass is 10.1. The first kappa shape index (κ1) is 17.3. The molecular formula is C19H27N5O2. The van der Waals surface area contributed by atoms with Crippen molar-refractivity contribution in [1.29, 1.82) is 0 Å². The molecular weight excluding hydrogens is 330 g/mol. The number of benzene rings is 1. The Bertz CT molecular complexity index is 752. The second-order valence-corrected chi connectivity index (χ2v) is 7.02. The molecule has 2 aliphatic rings. The number of ether oxygens (including phenoxy) is 2. The molecule has 0 amide bonds.